The van der Waals surface area contributed by atoms with Crippen LogP contribution in [0, 0.1) is 0 Å². The highest BCUT2D eigenvalue weighted by atomic mass is 32.1. The summed E-state index contributed by atoms with van der Waals surface area (Å²) >= 11 is 1.62. The third-order valence-corrected chi connectivity index (χ3v) is 4.91. The van der Waals surface area contributed by atoms with E-state index in [1.807, 2.05) is 17.5 Å². The quantitative estimate of drug-likeness (QED) is 0.888. The van der Waals surface area contributed by atoms with Gasteiger partial charge in [0.05, 0.1) is 6.42 Å². The molecule has 0 aliphatic carbocycles. The van der Waals surface area contributed by atoms with Gasteiger partial charge >= 0.3 is 0 Å². The van der Waals surface area contributed by atoms with Crippen molar-refractivity contribution in [2.24, 2.45) is 0 Å². The van der Waals surface area contributed by atoms with Crippen LogP contribution in [0.15, 0.2) is 41.8 Å². The van der Waals surface area contributed by atoms with E-state index in [1.165, 1.54) is 31.5 Å². The minimum Gasteiger partial charge on any atom is -0.352 e. The maximum atomic E-state index is 11.9. The molecule has 2 aromatic rings. The summed E-state index contributed by atoms with van der Waals surface area (Å²) in [5.74, 6) is 0.0867. The van der Waals surface area contributed by atoms with Crippen LogP contribution in [0.25, 0.3) is 0 Å². The van der Waals surface area contributed by atoms with Gasteiger partial charge in [-0.25, -0.2) is 0 Å². The Balaban J connectivity index is 1.45. The topological polar surface area (TPSA) is 32.3 Å². The zero-order valence-electron chi connectivity index (χ0n) is 12.8. The highest BCUT2D eigenvalue weighted by Gasteiger charge is 2.11. The van der Waals surface area contributed by atoms with Gasteiger partial charge in [0.15, 0.2) is 0 Å². The number of carbonyl (C=O) groups excluding carboxylic acids is 1. The van der Waals surface area contributed by atoms with E-state index >= 15 is 0 Å². The summed E-state index contributed by atoms with van der Waals surface area (Å²) < 4.78 is 0. The van der Waals surface area contributed by atoms with Gasteiger partial charge in [-0.05, 0) is 48.5 Å². The molecule has 1 aromatic heterocycles. The zero-order chi connectivity index (χ0) is 15.2. The first-order valence-corrected chi connectivity index (χ1v) is 8.77. The molecule has 22 heavy (non-hydrogen) atoms. The van der Waals surface area contributed by atoms with E-state index in [2.05, 4.69) is 34.5 Å². The Morgan fingerprint density at radius 3 is 2.50 bits per heavy atom. The Kier molecular flexibility index (Phi) is 5.24. The molecule has 1 amide bonds. The van der Waals surface area contributed by atoms with E-state index in [0.717, 1.165) is 17.0 Å². The van der Waals surface area contributed by atoms with Crippen molar-refractivity contribution in [3.8, 4) is 0 Å². The highest BCUT2D eigenvalue weighted by Crippen LogP contribution is 2.13. The third kappa shape index (κ3) is 4.42. The summed E-state index contributed by atoms with van der Waals surface area (Å²) in [7, 11) is 0. The van der Waals surface area contributed by atoms with Crippen LogP contribution in [0.3, 0.4) is 0 Å². The lowest BCUT2D eigenvalue weighted by Crippen LogP contribution is -2.24. The number of nitrogens with one attached hydrogen (secondary N) is 1. The minimum absolute atomic E-state index is 0.0867. The van der Waals surface area contributed by atoms with Gasteiger partial charge in [-0.2, -0.15) is 0 Å². The number of hydrogen-bond acceptors (Lipinski definition) is 3. The third-order valence-electron chi connectivity index (χ3n) is 4.03. The van der Waals surface area contributed by atoms with Crippen molar-refractivity contribution in [3.05, 3.63) is 57.8 Å². The standard InChI is InChI=1S/C18H22N2OS/c21-18(12-17-4-3-11-22-17)19-13-15-5-7-16(8-6-15)14-20-9-1-2-10-20/h3-8,11H,1-2,9-10,12-14H2,(H,19,21). The van der Waals surface area contributed by atoms with Gasteiger partial charge in [0, 0.05) is 18.0 Å². The van der Waals surface area contributed by atoms with E-state index in [0.29, 0.717) is 13.0 Å². The van der Waals surface area contributed by atoms with E-state index in [9.17, 15) is 4.79 Å². The molecule has 116 valence electrons. The summed E-state index contributed by atoms with van der Waals surface area (Å²) in [4.78, 5) is 15.5. The molecule has 0 radical (unpaired) electrons. The number of hydrogen-bond donors (Lipinski definition) is 1. The van der Waals surface area contributed by atoms with Crippen molar-refractivity contribution in [2.75, 3.05) is 13.1 Å². The number of amides is 1. The van der Waals surface area contributed by atoms with Crippen LogP contribution in [-0.2, 0) is 24.3 Å². The second-order valence-electron chi connectivity index (χ2n) is 5.83. The molecule has 0 atom stereocenters. The smallest absolute Gasteiger partial charge is 0.225 e. The van der Waals surface area contributed by atoms with Crippen LogP contribution < -0.4 is 5.32 Å². The minimum atomic E-state index is 0.0867. The molecule has 0 spiro atoms. The van der Waals surface area contributed by atoms with E-state index in [-0.39, 0.29) is 5.91 Å². The molecule has 1 aromatic carbocycles. The predicted molar refractivity (Wildman–Crippen MR) is 90.8 cm³/mol. The number of likely N-dealkylation sites (tertiary alicyclic amines) is 1. The first kappa shape index (κ1) is 15.3. The molecular weight excluding hydrogens is 292 g/mol. The molecule has 0 bridgehead atoms. The molecule has 3 rings (SSSR count). The van der Waals surface area contributed by atoms with Crippen molar-refractivity contribution in [1.29, 1.82) is 0 Å². The molecule has 1 aliphatic heterocycles. The Bertz CT molecular complexity index is 586. The van der Waals surface area contributed by atoms with Crippen LogP contribution >= 0.6 is 11.3 Å². The Morgan fingerprint density at radius 1 is 1.09 bits per heavy atom. The summed E-state index contributed by atoms with van der Waals surface area (Å²) in [6.45, 7) is 4.10. The van der Waals surface area contributed by atoms with E-state index in [1.54, 1.807) is 11.3 Å². The van der Waals surface area contributed by atoms with Gasteiger partial charge in [0.2, 0.25) is 5.91 Å². The van der Waals surface area contributed by atoms with Crippen LogP contribution in [0.1, 0.15) is 28.8 Å². The zero-order valence-corrected chi connectivity index (χ0v) is 13.6. The fourth-order valence-electron chi connectivity index (χ4n) is 2.80. The summed E-state index contributed by atoms with van der Waals surface area (Å²) in [5, 5.41) is 4.99. The molecule has 4 heteroatoms. The average molecular weight is 314 g/mol. The van der Waals surface area contributed by atoms with E-state index in [4.69, 9.17) is 0 Å². The van der Waals surface area contributed by atoms with Crippen LogP contribution in [0.5, 0.6) is 0 Å². The first-order valence-electron chi connectivity index (χ1n) is 7.89. The summed E-state index contributed by atoms with van der Waals surface area (Å²) in [6, 6.07) is 12.6. The normalized spacial score (nSPS) is 15.1. The lowest BCUT2D eigenvalue weighted by molar-refractivity contribution is -0.120. The van der Waals surface area contributed by atoms with E-state index < -0.39 is 0 Å². The second kappa shape index (κ2) is 7.56. The molecular formula is C18H22N2OS. The first-order chi connectivity index (χ1) is 10.8. The molecule has 1 N–H and O–H groups in total. The number of carbonyl (C=O) groups is 1. The largest absolute Gasteiger partial charge is 0.352 e. The molecule has 1 fully saturated rings. The summed E-state index contributed by atoms with van der Waals surface area (Å²) in [5.41, 5.74) is 2.51. The molecule has 3 nitrogen and oxygen atoms in total. The van der Waals surface area contributed by atoms with Gasteiger partial charge in [-0.3, -0.25) is 9.69 Å². The van der Waals surface area contributed by atoms with Gasteiger partial charge in [0.1, 0.15) is 0 Å². The van der Waals surface area contributed by atoms with Crippen molar-refractivity contribution in [2.45, 2.75) is 32.4 Å². The monoisotopic (exact) mass is 314 g/mol. The second-order valence-corrected chi connectivity index (χ2v) is 6.86. The van der Waals surface area contributed by atoms with Gasteiger partial charge in [-0.1, -0.05) is 30.3 Å². The Morgan fingerprint density at radius 2 is 1.82 bits per heavy atom. The Hall–Kier alpha value is -1.65. The van der Waals surface area contributed by atoms with Crippen molar-refractivity contribution >= 4 is 17.2 Å². The molecule has 1 saturated heterocycles. The lowest BCUT2D eigenvalue weighted by atomic mass is 10.1. The van der Waals surface area contributed by atoms with Crippen molar-refractivity contribution in [1.82, 2.24) is 10.2 Å². The summed E-state index contributed by atoms with van der Waals surface area (Å²) in [6.07, 6.45) is 3.13. The van der Waals surface area contributed by atoms with Crippen molar-refractivity contribution < 1.29 is 4.79 Å². The van der Waals surface area contributed by atoms with Gasteiger partial charge in [-0.15, -0.1) is 11.3 Å². The fraction of sp³-hybridized carbons (Fsp3) is 0.389. The fourth-order valence-corrected chi connectivity index (χ4v) is 3.50. The number of benzene rings is 1. The number of thiophene rings is 1. The van der Waals surface area contributed by atoms with Crippen LogP contribution in [-0.4, -0.2) is 23.9 Å². The predicted octanol–water partition coefficient (Wildman–Crippen LogP) is 3.20. The average Bonchev–Trinajstić information content (AvgIpc) is 3.20. The lowest BCUT2D eigenvalue weighted by Gasteiger charge is -2.14. The SMILES string of the molecule is O=C(Cc1cccs1)NCc1ccc(CN2CCCC2)cc1. The molecule has 2 heterocycles. The Labute approximate surface area is 136 Å². The van der Waals surface area contributed by atoms with Gasteiger partial charge in [0.25, 0.3) is 0 Å². The highest BCUT2D eigenvalue weighted by molar-refractivity contribution is 7.10. The van der Waals surface area contributed by atoms with Crippen LogP contribution in [0.4, 0.5) is 0 Å². The molecule has 0 unspecified atom stereocenters. The number of nitrogens with zero attached hydrogens (tertiary/aromatic N) is 1. The maximum absolute atomic E-state index is 11.9. The van der Waals surface area contributed by atoms with Crippen molar-refractivity contribution in [3.63, 3.8) is 0 Å². The van der Waals surface area contributed by atoms with Crippen LogP contribution in [0.2, 0.25) is 0 Å². The maximum Gasteiger partial charge on any atom is 0.225 e. The number of rotatable bonds is 6. The molecule has 1 aliphatic rings. The molecule has 0 saturated carbocycles. The van der Waals surface area contributed by atoms with Gasteiger partial charge < -0.3 is 5.32 Å².